The van der Waals surface area contributed by atoms with Crippen molar-refractivity contribution in [3.63, 3.8) is 0 Å². The summed E-state index contributed by atoms with van der Waals surface area (Å²) in [7, 11) is 1.88. The number of hydrogen-bond acceptors (Lipinski definition) is 1. The molecule has 0 spiro atoms. The SMILES string of the molecule is CCCCC(NC)c1cc(Br)ccc1F. The Morgan fingerprint density at radius 2 is 2.20 bits per heavy atom. The van der Waals surface area contributed by atoms with E-state index in [9.17, 15) is 4.39 Å². The molecule has 15 heavy (non-hydrogen) atoms. The Hall–Kier alpha value is -0.410. The average Bonchev–Trinajstić information content (AvgIpc) is 2.24. The molecule has 1 nitrogen and oxygen atoms in total. The molecule has 0 radical (unpaired) electrons. The highest BCUT2D eigenvalue weighted by atomic mass is 79.9. The zero-order chi connectivity index (χ0) is 11.3. The summed E-state index contributed by atoms with van der Waals surface area (Å²) in [5.74, 6) is -0.131. The molecular formula is C12H17BrFN. The topological polar surface area (TPSA) is 12.0 Å². The first kappa shape index (κ1) is 12.7. The van der Waals surface area contributed by atoms with Crippen molar-refractivity contribution in [3.05, 3.63) is 34.1 Å². The van der Waals surface area contributed by atoms with Gasteiger partial charge in [-0.1, -0.05) is 35.7 Å². The Morgan fingerprint density at radius 3 is 2.80 bits per heavy atom. The number of unbranched alkanes of at least 4 members (excludes halogenated alkanes) is 1. The molecule has 0 saturated heterocycles. The van der Waals surface area contributed by atoms with Gasteiger partial charge in [0.1, 0.15) is 5.82 Å². The maximum atomic E-state index is 13.6. The Kier molecular flexibility index (Phi) is 5.26. The van der Waals surface area contributed by atoms with Gasteiger partial charge in [0.05, 0.1) is 0 Å². The lowest BCUT2D eigenvalue weighted by atomic mass is 10.0. The maximum absolute atomic E-state index is 13.6. The highest BCUT2D eigenvalue weighted by Gasteiger charge is 2.13. The van der Waals surface area contributed by atoms with Crippen LogP contribution in [0.2, 0.25) is 0 Å². The molecule has 0 aromatic heterocycles. The standard InChI is InChI=1S/C12H17BrFN/c1-3-4-5-12(15-2)10-8-9(13)6-7-11(10)14/h6-8,12,15H,3-5H2,1-2H3. The van der Waals surface area contributed by atoms with Crippen molar-refractivity contribution >= 4 is 15.9 Å². The summed E-state index contributed by atoms with van der Waals surface area (Å²) < 4.78 is 14.5. The lowest BCUT2D eigenvalue weighted by Crippen LogP contribution is -2.17. The predicted molar refractivity (Wildman–Crippen MR) is 65.4 cm³/mol. The van der Waals surface area contributed by atoms with E-state index in [2.05, 4.69) is 28.2 Å². The Balaban J connectivity index is 2.85. The second-order valence-electron chi connectivity index (χ2n) is 3.65. The van der Waals surface area contributed by atoms with E-state index in [0.29, 0.717) is 0 Å². The smallest absolute Gasteiger partial charge is 0.128 e. The van der Waals surface area contributed by atoms with E-state index in [1.54, 1.807) is 6.07 Å². The van der Waals surface area contributed by atoms with Gasteiger partial charge in [-0.15, -0.1) is 0 Å². The molecule has 1 rings (SSSR count). The fraction of sp³-hybridized carbons (Fsp3) is 0.500. The van der Waals surface area contributed by atoms with Gasteiger partial charge in [0.2, 0.25) is 0 Å². The van der Waals surface area contributed by atoms with E-state index >= 15 is 0 Å². The lowest BCUT2D eigenvalue weighted by Gasteiger charge is -2.17. The van der Waals surface area contributed by atoms with Crippen molar-refractivity contribution in [2.45, 2.75) is 32.2 Å². The van der Waals surface area contributed by atoms with Crippen LogP contribution >= 0.6 is 15.9 Å². The molecule has 1 atom stereocenters. The summed E-state index contributed by atoms with van der Waals surface area (Å²) in [5.41, 5.74) is 0.750. The molecule has 0 amide bonds. The van der Waals surface area contributed by atoms with Crippen molar-refractivity contribution in [1.29, 1.82) is 0 Å². The molecule has 1 N–H and O–H groups in total. The summed E-state index contributed by atoms with van der Waals surface area (Å²) in [6.45, 7) is 2.14. The average molecular weight is 274 g/mol. The van der Waals surface area contributed by atoms with E-state index in [0.717, 1.165) is 29.3 Å². The van der Waals surface area contributed by atoms with Crippen molar-refractivity contribution in [2.75, 3.05) is 7.05 Å². The normalized spacial score (nSPS) is 12.8. The van der Waals surface area contributed by atoms with Crippen LogP contribution in [0.3, 0.4) is 0 Å². The summed E-state index contributed by atoms with van der Waals surface area (Å²) >= 11 is 3.37. The summed E-state index contributed by atoms with van der Waals surface area (Å²) in [6, 6.07) is 5.20. The Morgan fingerprint density at radius 1 is 1.47 bits per heavy atom. The minimum absolute atomic E-state index is 0.113. The molecule has 0 fully saturated rings. The Bertz CT molecular complexity index is 314. The fourth-order valence-electron chi connectivity index (χ4n) is 1.65. The highest BCUT2D eigenvalue weighted by Crippen LogP contribution is 2.25. The molecule has 3 heteroatoms. The molecule has 84 valence electrons. The second kappa shape index (κ2) is 6.23. The maximum Gasteiger partial charge on any atom is 0.128 e. The number of hydrogen-bond donors (Lipinski definition) is 1. The van der Waals surface area contributed by atoms with E-state index in [-0.39, 0.29) is 11.9 Å². The summed E-state index contributed by atoms with van der Waals surface area (Å²) in [6.07, 6.45) is 3.21. The minimum Gasteiger partial charge on any atom is -0.313 e. The van der Waals surface area contributed by atoms with Gasteiger partial charge in [0.25, 0.3) is 0 Å². The molecule has 1 aromatic carbocycles. The van der Waals surface area contributed by atoms with E-state index < -0.39 is 0 Å². The predicted octanol–water partition coefficient (Wildman–Crippen LogP) is 4.04. The van der Waals surface area contributed by atoms with Gasteiger partial charge in [-0.25, -0.2) is 4.39 Å². The van der Waals surface area contributed by atoms with Crippen LogP contribution in [-0.2, 0) is 0 Å². The fourth-order valence-corrected chi connectivity index (χ4v) is 2.02. The number of nitrogens with one attached hydrogen (secondary N) is 1. The van der Waals surface area contributed by atoms with Crippen LogP contribution in [0.15, 0.2) is 22.7 Å². The van der Waals surface area contributed by atoms with Crippen molar-refractivity contribution in [3.8, 4) is 0 Å². The highest BCUT2D eigenvalue weighted by molar-refractivity contribution is 9.10. The minimum atomic E-state index is -0.131. The molecule has 1 unspecified atom stereocenters. The van der Waals surface area contributed by atoms with Crippen LogP contribution in [0.25, 0.3) is 0 Å². The largest absolute Gasteiger partial charge is 0.313 e. The zero-order valence-corrected chi connectivity index (χ0v) is 10.8. The van der Waals surface area contributed by atoms with Crippen LogP contribution in [0.4, 0.5) is 4.39 Å². The van der Waals surface area contributed by atoms with Crippen molar-refractivity contribution in [1.82, 2.24) is 5.32 Å². The lowest BCUT2D eigenvalue weighted by molar-refractivity contribution is 0.491. The summed E-state index contributed by atoms with van der Waals surface area (Å²) in [5, 5.41) is 3.16. The van der Waals surface area contributed by atoms with Gasteiger partial charge in [0.15, 0.2) is 0 Å². The number of benzene rings is 1. The third-order valence-corrected chi connectivity index (χ3v) is 3.02. The van der Waals surface area contributed by atoms with Gasteiger partial charge in [-0.3, -0.25) is 0 Å². The van der Waals surface area contributed by atoms with E-state index in [1.807, 2.05) is 13.1 Å². The van der Waals surface area contributed by atoms with E-state index in [4.69, 9.17) is 0 Å². The molecule has 0 heterocycles. The van der Waals surface area contributed by atoms with Crippen molar-refractivity contribution in [2.24, 2.45) is 0 Å². The van der Waals surface area contributed by atoms with Gasteiger partial charge in [-0.05, 0) is 31.7 Å². The van der Waals surface area contributed by atoms with Crippen molar-refractivity contribution < 1.29 is 4.39 Å². The molecule has 0 bridgehead atoms. The molecule has 0 aliphatic carbocycles. The molecule has 0 aliphatic rings. The van der Waals surface area contributed by atoms with Crippen LogP contribution in [0, 0.1) is 5.82 Å². The zero-order valence-electron chi connectivity index (χ0n) is 9.19. The molecule has 0 aliphatic heterocycles. The first-order valence-corrected chi connectivity index (χ1v) is 6.10. The van der Waals surface area contributed by atoms with Crippen LogP contribution in [0.1, 0.15) is 37.8 Å². The second-order valence-corrected chi connectivity index (χ2v) is 4.56. The van der Waals surface area contributed by atoms with Crippen LogP contribution in [0.5, 0.6) is 0 Å². The first-order chi connectivity index (χ1) is 7.19. The first-order valence-electron chi connectivity index (χ1n) is 5.31. The number of rotatable bonds is 5. The molecular weight excluding hydrogens is 257 g/mol. The van der Waals surface area contributed by atoms with Gasteiger partial charge >= 0.3 is 0 Å². The van der Waals surface area contributed by atoms with Crippen LogP contribution < -0.4 is 5.32 Å². The van der Waals surface area contributed by atoms with Gasteiger partial charge < -0.3 is 5.32 Å². The monoisotopic (exact) mass is 273 g/mol. The van der Waals surface area contributed by atoms with Gasteiger partial charge in [-0.2, -0.15) is 0 Å². The third kappa shape index (κ3) is 3.58. The molecule has 0 saturated carbocycles. The van der Waals surface area contributed by atoms with E-state index in [1.165, 1.54) is 6.07 Å². The Labute approximate surface area is 99.2 Å². The molecule has 1 aromatic rings. The van der Waals surface area contributed by atoms with Gasteiger partial charge in [0, 0.05) is 16.1 Å². The van der Waals surface area contributed by atoms with Crippen LogP contribution in [-0.4, -0.2) is 7.05 Å². The third-order valence-electron chi connectivity index (χ3n) is 2.53. The number of halogens is 2. The summed E-state index contributed by atoms with van der Waals surface area (Å²) in [4.78, 5) is 0. The quantitative estimate of drug-likeness (QED) is 0.854.